The van der Waals surface area contributed by atoms with Crippen LogP contribution in [-0.2, 0) is 6.42 Å². The zero-order valence-corrected chi connectivity index (χ0v) is 5.88. The fraction of sp³-hybridized carbons (Fsp3) is 0.111. The van der Waals surface area contributed by atoms with Crippen molar-refractivity contribution in [1.82, 2.24) is 4.98 Å². The smallest absolute Gasteiger partial charge is 0.0442 e. The molecule has 0 aliphatic carbocycles. The van der Waals surface area contributed by atoms with Crippen molar-refractivity contribution in [1.29, 1.82) is 0 Å². The summed E-state index contributed by atoms with van der Waals surface area (Å²) in [5, 5.41) is 0. The Morgan fingerprint density at radius 2 is 2.40 bits per heavy atom. The van der Waals surface area contributed by atoms with Gasteiger partial charge in [-0.25, -0.2) is 0 Å². The van der Waals surface area contributed by atoms with E-state index in [1.54, 1.807) is 6.20 Å². The van der Waals surface area contributed by atoms with Crippen LogP contribution in [0.25, 0.3) is 0 Å². The quantitative estimate of drug-likeness (QED) is 0.561. The van der Waals surface area contributed by atoms with Crippen LogP contribution in [0.5, 0.6) is 0 Å². The molecular formula is C9H10N. The molecule has 0 bridgehead atoms. The lowest BCUT2D eigenvalue weighted by molar-refractivity contribution is 1.15. The van der Waals surface area contributed by atoms with Gasteiger partial charge >= 0.3 is 0 Å². The van der Waals surface area contributed by atoms with Crippen LogP contribution in [-0.4, -0.2) is 4.98 Å². The summed E-state index contributed by atoms with van der Waals surface area (Å²) in [7, 11) is 0. The van der Waals surface area contributed by atoms with Crippen LogP contribution >= 0.6 is 0 Å². The van der Waals surface area contributed by atoms with Crippen molar-refractivity contribution in [2.75, 3.05) is 0 Å². The highest BCUT2D eigenvalue weighted by molar-refractivity contribution is 5.23. The maximum Gasteiger partial charge on any atom is 0.0442 e. The first kappa shape index (κ1) is 7.00. The maximum absolute atomic E-state index is 4.04. The van der Waals surface area contributed by atoms with Crippen LogP contribution in [0.1, 0.15) is 11.3 Å². The highest BCUT2D eigenvalue weighted by Gasteiger charge is 1.92. The zero-order chi connectivity index (χ0) is 7.40. The summed E-state index contributed by atoms with van der Waals surface area (Å²) in [6.45, 7) is 7.42. The van der Waals surface area contributed by atoms with E-state index >= 15 is 0 Å². The third-order valence-electron chi connectivity index (χ3n) is 1.35. The number of nitrogens with zero attached hydrogens (tertiary/aromatic N) is 1. The minimum absolute atomic E-state index is 0.849. The van der Waals surface area contributed by atoms with Crippen molar-refractivity contribution >= 4 is 0 Å². The van der Waals surface area contributed by atoms with E-state index < -0.39 is 0 Å². The van der Waals surface area contributed by atoms with Gasteiger partial charge in [-0.15, -0.1) is 6.58 Å². The third kappa shape index (κ3) is 1.44. The van der Waals surface area contributed by atoms with Crippen molar-refractivity contribution in [3.8, 4) is 0 Å². The Kier molecular flexibility index (Phi) is 2.21. The predicted molar refractivity (Wildman–Crippen MR) is 42.6 cm³/mol. The zero-order valence-electron chi connectivity index (χ0n) is 5.88. The molecule has 0 atom stereocenters. The lowest BCUT2D eigenvalue weighted by Crippen LogP contribution is -1.88. The summed E-state index contributed by atoms with van der Waals surface area (Å²) in [5.74, 6) is 0. The van der Waals surface area contributed by atoms with Crippen LogP contribution in [0.4, 0.5) is 0 Å². The largest absolute Gasteiger partial charge is 0.261 e. The van der Waals surface area contributed by atoms with E-state index in [1.807, 2.05) is 18.2 Å². The maximum atomic E-state index is 4.04. The molecule has 0 N–H and O–H groups in total. The van der Waals surface area contributed by atoms with Gasteiger partial charge < -0.3 is 0 Å². The first-order chi connectivity index (χ1) is 4.84. The highest BCUT2D eigenvalue weighted by atomic mass is 14.7. The topological polar surface area (TPSA) is 12.9 Å². The van der Waals surface area contributed by atoms with Crippen LogP contribution in [0.2, 0.25) is 0 Å². The predicted octanol–water partition coefficient (Wildman–Crippen LogP) is 1.99. The molecule has 1 aromatic rings. The van der Waals surface area contributed by atoms with Gasteiger partial charge in [-0.2, -0.15) is 0 Å². The van der Waals surface area contributed by atoms with Crippen molar-refractivity contribution in [2.45, 2.75) is 6.42 Å². The molecule has 1 heterocycles. The molecule has 1 heteroatoms. The second-order valence-corrected chi connectivity index (χ2v) is 2.10. The third-order valence-corrected chi connectivity index (χ3v) is 1.35. The van der Waals surface area contributed by atoms with Gasteiger partial charge in [0.05, 0.1) is 0 Å². The van der Waals surface area contributed by atoms with Crippen LogP contribution < -0.4 is 0 Å². The summed E-state index contributed by atoms with van der Waals surface area (Å²) >= 11 is 0. The van der Waals surface area contributed by atoms with Gasteiger partial charge in [0.25, 0.3) is 0 Å². The van der Waals surface area contributed by atoms with E-state index in [2.05, 4.69) is 18.5 Å². The molecule has 0 fully saturated rings. The lowest BCUT2D eigenvalue weighted by Gasteiger charge is -1.98. The molecule has 1 radical (unpaired) electrons. The average molecular weight is 132 g/mol. The molecule has 0 spiro atoms. The Morgan fingerprint density at radius 1 is 1.60 bits per heavy atom. The summed E-state index contributed by atoms with van der Waals surface area (Å²) in [4.78, 5) is 4.04. The molecule has 0 saturated carbocycles. The van der Waals surface area contributed by atoms with E-state index in [1.165, 1.54) is 0 Å². The van der Waals surface area contributed by atoms with Gasteiger partial charge in [0.15, 0.2) is 0 Å². The van der Waals surface area contributed by atoms with Crippen LogP contribution in [0, 0.1) is 6.92 Å². The summed E-state index contributed by atoms with van der Waals surface area (Å²) < 4.78 is 0. The molecule has 51 valence electrons. The Labute approximate surface area is 61.4 Å². The molecular weight excluding hydrogens is 122 g/mol. The molecule has 0 aliphatic heterocycles. The molecule has 1 rings (SSSR count). The fourth-order valence-electron chi connectivity index (χ4n) is 0.813. The number of allylic oxidation sites excluding steroid dienone is 1. The second-order valence-electron chi connectivity index (χ2n) is 2.10. The van der Waals surface area contributed by atoms with E-state index in [-0.39, 0.29) is 0 Å². The summed E-state index contributed by atoms with van der Waals surface area (Å²) in [6.07, 6.45) is 4.45. The number of aromatic nitrogens is 1. The highest BCUT2D eigenvalue weighted by Crippen LogP contribution is 2.03. The lowest BCUT2D eigenvalue weighted by atomic mass is 10.1. The average Bonchev–Trinajstić information content (AvgIpc) is 1.94. The van der Waals surface area contributed by atoms with Gasteiger partial charge in [0, 0.05) is 11.9 Å². The van der Waals surface area contributed by atoms with Crippen molar-refractivity contribution in [3.05, 3.63) is 49.2 Å². The molecule has 0 aromatic carbocycles. The minimum atomic E-state index is 0.849. The molecule has 1 nitrogen and oxygen atoms in total. The van der Waals surface area contributed by atoms with Crippen molar-refractivity contribution in [2.24, 2.45) is 0 Å². The molecule has 0 unspecified atom stereocenters. The summed E-state index contributed by atoms with van der Waals surface area (Å²) in [5.41, 5.74) is 2.00. The van der Waals surface area contributed by atoms with E-state index in [4.69, 9.17) is 0 Å². The molecule has 0 amide bonds. The first-order valence-electron chi connectivity index (χ1n) is 3.21. The van der Waals surface area contributed by atoms with Crippen LogP contribution in [0.15, 0.2) is 31.0 Å². The Hall–Kier alpha value is -1.11. The molecule has 10 heavy (non-hydrogen) atoms. The van der Waals surface area contributed by atoms with Gasteiger partial charge in [0.1, 0.15) is 0 Å². The minimum Gasteiger partial charge on any atom is -0.261 e. The number of hydrogen-bond acceptors (Lipinski definition) is 1. The van der Waals surface area contributed by atoms with Crippen LogP contribution in [0.3, 0.4) is 0 Å². The normalized spacial score (nSPS) is 9.30. The number of hydrogen-bond donors (Lipinski definition) is 0. The Bertz CT molecular complexity index is 228. The SMILES string of the molecule is [CH2]c1ncccc1CC=C. The Morgan fingerprint density at radius 3 is 3.00 bits per heavy atom. The van der Waals surface area contributed by atoms with Gasteiger partial charge in [-0.3, -0.25) is 4.98 Å². The van der Waals surface area contributed by atoms with E-state index in [0.29, 0.717) is 0 Å². The molecule has 1 aromatic heterocycles. The van der Waals surface area contributed by atoms with Crippen molar-refractivity contribution < 1.29 is 0 Å². The van der Waals surface area contributed by atoms with E-state index in [9.17, 15) is 0 Å². The summed E-state index contributed by atoms with van der Waals surface area (Å²) in [6, 6.07) is 3.92. The second kappa shape index (κ2) is 3.16. The first-order valence-corrected chi connectivity index (χ1v) is 3.21. The monoisotopic (exact) mass is 132 g/mol. The van der Waals surface area contributed by atoms with Gasteiger partial charge in [-0.05, 0) is 25.0 Å². The van der Waals surface area contributed by atoms with Crippen molar-refractivity contribution in [3.63, 3.8) is 0 Å². The van der Waals surface area contributed by atoms with Gasteiger partial charge in [-0.1, -0.05) is 12.1 Å². The number of pyridine rings is 1. The standard InChI is InChI=1S/C9H10N/c1-3-5-9-6-4-7-10-8(9)2/h3-4,6-7H,1-2,5H2. The Balaban J connectivity index is 2.91. The molecule has 0 saturated heterocycles. The van der Waals surface area contributed by atoms with Gasteiger partial charge in [0.2, 0.25) is 0 Å². The van der Waals surface area contributed by atoms with E-state index in [0.717, 1.165) is 17.7 Å². The number of rotatable bonds is 2. The fourth-order valence-corrected chi connectivity index (χ4v) is 0.813. The molecule has 0 aliphatic rings.